The van der Waals surface area contributed by atoms with Crippen molar-refractivity contribution in [1.29, 1.82) is 0 Å². The van der Waals surface area contributed by atoms with Crippen LogP contribution in [0.15, 0.2) is 49.1 Å². The number of carbonyl (C=O) groups is 1. The van der Waals surface area contributed by atoms with Crippen molar-refractivity contribution in [3.63, 3.8) is 0 Å². The molecule has 2 aromatic rings. The van der Waals surface area contributed by atoms with Crippen LogP contribution in [-0.2, 0) is 16.1 Å². The second-order valence-electron chi connectivity index (χ2n) is 6.34. The molecule has 3 heterocycles. The van der Waals surface area contributed by atoms with Gasteiger partial charge in [0.1, 0.15) is 12.9 Å². The maximum Gasteiger partial charge on any atom is 0.246 e. The van der Waals surface area contributed by atoms with E-state index in [2.05, 4.69) is 44.5 Å². The molecule has 0 radical (unpaired) electrons. The van der Waals surface area contributed by atoms with Gasteiger partial charge in [0, 0.05) is 43.5 Å². The number of fused-ring (bicyclic) bond motifs is 1. The number of hydrogen-bond donors (Lipinski definition) is 1. The highest BCUT2D eigenvalue weighted by molar-refractivity contribution is 5.77. The summed E-state index contributed by atoms with van der Waals surface area (Å²) in [6.45, 7) is 2.39. The lowest BCUT2D eigenvalue weighted by molar-refractivity contribution is -0.125. The molecule has 6 heteroatoms. The van der Waals surface area contributed by atoms with Crippen LogP contribution in [0.2, 0.25) is 0 Å². The largest absolute Gasteiger partial charge is 0.366 e. The molecule has 4 rings (SSSR count). The lowest BCUT2D eigenvalue weighted by atomic mass is 9.93. The Morgan fingerprint density at radius 2 is 2.00 bits per heavy atom. The van der Waals surface area contributed by atoms with Crippen LogP contribution in [0.3, 0.4) is 0 Å². The van der Waals surface area contributed by atoms with E-state index in [9.17, 15) is 4.79 Å². The monoisotopic (exact) mass is 324 g/mol. The summed E-state index contributed by atoms with van der Waals surface area (Å²) in [5, 5.41) is 2.97. The van der Waals surface area contributed by atoms with E-state index in [1.807, 2.05) is 18.5 Å². The number of carbonyl (C=O) groups excluding carboxylic acids is 1. The Labute approximate surface area is 140 Å². The summed E-state index contributed by atoms with van der Waals surface area (Å²) in [7, 11) is 0. The number of benzene rings is 1. The van der Waals surface area contributed by atoms with Crippen molar-refractivity contribution in [2.45, 2.75) is 24.6 Å². The second kappa shape index (κ2) is 6.67. The van der Waals surface area contributed by atoms with E-state index in [-0.39, 0.29) is 30.6 Å². The summed E-state index contributed by atoms with van der Waals surface area (Å²) in [5.41, 5.74) is 2.33. The third kappa shape index (κ3) is 3.02. The molecule has 0 bridgehead atoms. The quantitative estimate of drug-likeness (QED) is 0.911. The van der Waals surface area contributed by atoms with Gasteiger partial charge in [-0.05, 0) is 5.56 Å². The molecule has 1 N–H and O–H groups in total. The van der Waals surface area contributed by atoms with E-state index < -0.39 is 0 Å². The summed E-state index contributed by atoms with van der Waals surface area (Å²) >= 11 is 0. The molecule has 2 aliphatic heterocycles. The Bertz CT molecular complexity index is 695. The van der Waals surface area contributed by atoms with Crippen LogP contribution in [0.1, 0.15) is 17.0 Å². The maximum atomic E-state index is 11.7. The van der Waals surface area contributed by atoms with Crippen molar-refractivity contribution in [1.82, 2.24) is 20.2 Å². The van der Waals surface area contributed by atoms with Crippen LogP contribution >= 0.6 is 0 Å². The lowest BCUT2D eigenvalue weighted by Gasteiger charge is -2.26. The Kier molecular flexibility index (Phi) is 4.23. The minimum absolute atomic E-state index is 0.0102. The number of nitrogens with one attached hydrogen (secondary N) is 1. The Morgan fingerprint density at radius 3 is 2.79 bits per heavy atom. The first-order chi connectivity index (χ1) is 11.8. The number of ether oxygens (including phenoxy) is 1. The molecule has 0 saturated carbocycles. The molecule has 0 aliphatic carbocycles. The topological polar surface area (TPSA) is 67.3 Å². The van der Waals surface area contributed by atoms with Gasteiger partial charge in [0.25, 0.3) is 0 Å². The molecule has 2 aliphatic rings. The Hall–Kier alpha value is -2.31. The zero-order chi connectivity index (χ0) is 16.4. The van der Waals surface area contributed by atoms with Crippen molar-refractivity contribution >= 4 is 5.91 Å². The van der Waals surface area contributed by atoms with Gasteiger partial charge in [-0.3, -0.25) is 9.69 Å². The summed E-state index contributed by atoms with van der Waals surface area (Å²) in [6.07, 6.45) is 5.23. The van der Waals surface area contributed by atoms with Gasteiger partial charge in [-0.2, -0.15) is 0 Å². The van der Waals surface area contributed by atoms with Crippen molar-refractivity contribution < 1.29 is 9.53 Å². The van der Waals surface area contributed by atoms with Gasteiger partial charge in [0.05, 0.1) is 12.1 Å². The van der Waals surface area contributed by atoms with Crippen LogP contribution in [0.5, 0.6) is 0 Å². The SMILES string of the molecule is O=C1CO[C@@H]2[C@@H](c3ccccc3)CN(Cc3cncnc3)[C@@H]2CN1. The zero-order valence-corrected chi connectivity index (χ0v) is 13.3. The number of nitrogens with zero attached hydrogens (tertiary/aromatic N) is 3. The highest BCUT2D eigenvalue weighted by atomic mass is 16.5. The van der Waals surface area contributed by atoms with E-state index in [0.29, 0.717) is 6.54 Å². The number of amides is 1. The zero-order valence-electron chi connectivity index (χ0n) is 13.3. The molecule has 24 heavy (non-hydrogen) atoms. The van der Waals surface area contributed by atoms with Gasteiger partial charge < -0.3 is 10.1 Å². The van der Waals surface area contributed by atoms with Gasteiger partial charge in [-0.25, -0.2) is 9.97 Å². The van der Waals surface area contributed by atoms with E-state index in [1.54, 1.807) is 0 Å². The van der Waals surface area contributed by atoms with Crippen LogP contribution < -0.4 is 5.32 Å². The van der Waals surface area contributed by atoms with Crippen molar-refractivity contribution in [3.8, 4) is 0 Å². The van der Waals surface area contributed by atoms with E-state index >= 15 is 0 Å². The molecule has 0 unspecified atom stereocenters. The minimum Gasteiger partial charge on any atom is -0.366 e. The molecular weight excluding hydrogens is 304 g/mol. The molecule has 3 atom stereocenters. The molecular formula is C18H20N4O2. The van der Waals surface area contributed by atoms with E-state index in [1.165, 1.54) is 11.9 Å². The van der Waals surface area contributed by atoms with Crippen molar-refractivity contribution in [3.05, 3.63) is 60.2 Å². The lowest BCUT2D eigenvalue weighted by Crippen LogP contribution is -2.42. The van der Waals surface area contributed by atoms with E-state index in [0.717, 1.165) is 18.7 Å². The minimum atomic E-state index is -0.0424. The predicted octanol–water partition coefficient (Wildman–Crippen LogP) is 0.960. The fourth-order valence-electron chi connectivity index (χ4n) is 3.70. The molecule has 1 aromatic heterocycles. The average molecular weight is 324 g/mol. The number of rotatable bonds is 3. The fourth-order valence-corrected chi connectivity index (χ4v) is 3.70. The molecule has 0 spiro atoms. The van der Waals surface area contributed by atoms with Crippen LogP contribution in [0.25, 0.3) is 0 Å². The van der Waals surface area contributed by atoms with Gasteiger partial charge in [-0.15, -0.1) is 0 Å². The molecule has 2 saturated heterocycles. The highest BCUT2D eigenvalue weighted by Crippen LogP contribution is 2.35. The average Bonchev–Trinajstić information content (AvgIpc) is 2.85. The van der Waals surface area contributed by atoms with Gasteiger partial charge in [0.2, 0.25) is 5.91 Å². The number of hydrogen-bond acceptors (Lipinski definition) is 5. The van der Waals surface area contributed by atoms with Crippen LogP contribution in [0.4, 0.5) is 0 Å². The first-order valence-corrected chi connectivity index (χ1v) is 8.22. The standard InChI is InChI=1S/C18H20N4O2/c23-17-11-24-18-15(14-4-2-1-3-5-14)10-22(16(18)8-21-17)9-13-6-19-12-20-7-13/h1-7,12,15-16,18H,8-11H2,(H,21,23)/t15-,16-,18-/m1/s1. The van der Waals surface area contributed by atoms with Crippen LogP contribution in [0, 0.1) is 0 Å². The fraction of sp³-hybridized carbons (Fsp3) is 0.389. The molecule has 6 nitrogen and oxygen atoms in total. The van der Waals surface area contributed by atoms with Crippen molar-refractivity contribution in [2.24, 2.45) is 0 Å². The summed E-state index contributed by atoms with van der Waals surface area (Å²) in [6, 6.07) is 10.6. The van der Waals surface area contributed by atoms with Gasteiger partial charge in [-0.1, -0.05) is 30.3 Å². The first-order valence-electron chi connectivity index (χ1n) is 8.22. The smallest absolute Gasteiger partial charge is 0.246 e. The van der Waals surface area contributed by atoms with Crippen molar-refractivity contribution in [2.75, 3.05) is 19.7 Å². The first kappa shape index (κ1) is 15.2. The van der Waals surface area contributed by atoms with Crippen LogP contribution in [-0.4, -0.2) is 52.6 Å². The highest BCUT2D eigenvalue weighted by Gasteiger charge is 2.44. The third-order valence-electron chi connectivity index (χ3n) is 4.82. The maximum absolute atomic E-state index is 11.7. The summed E-state index contributed by atoms with van der Waals surface area (Å²) in [5.74, 6) is 0.215. The Morgan fingerprint density at radius 1 is 1.21 bits per heavy atom. The molecule has 1 aromatic carbocycles. The second-order valence-corrected chi connectivity index (χ2v) is 6.34. The van der Waals surface area contributed by atoms with E-state index in [4.69, 9.17) is 4.74 Å². The number of likely N-dealkylation sites (tertiary alicyclic amines) is 1. The predicted molar refractivity (Wildman–Crippen MR) is 88.2 cm³/mol. The molecule has 1 amide bonds. The van der Waals surface area contributed by atoms with Gasteiger partial charge >= 0.3 is 0 Å². The third-order valence-corrected chi connectivity index (χ3v) is 4.82. The number of aromatic nitrogens is 2. The normalized spacial score (nSPS) is 27.3. The molecule has 124 valence electrons. The summed E-state index contributed by atoms with van der Waals surface area (Å²) < 4.78 is 5.99. The molecule has 2 fully saturated rings. The summed E-state index contributed by atoms with van der Waals surface area (Å²) in [4.78, 5) is 22.3. The Balaban J connectivity index is 1.61. The van der Waals surface area contributed by atoms with Gasteiger partial charge in [0.15, 0.2) is 0 Å².